The first kappa shape index (κ1) is 30.3. The van der Waals surface area contributed by atoms with Crippen molar-refractivity contribution in [2.24, 2.45) is 0 Å². The molecule has 0 saturated carbocycles. The third-order valence-corrected chi connectivity index (χ3v) is 7.21. The Kier molecular flexibility index (Phi) is 9.87. The third kappa shape index (κ3) is 7.81. The summed E-state index contributed by atoms with van der Waals surface area (Å²) in [6.07, 6.45) is 1.13. The fourth-order valence-electron chi connectivity index (χ4n) is 4.95. The lowest BCUT2D eigenvalue weighted by molar-refractivity contribution is -0.138. The van der Waals surface area contributed by atoms with E-state index in [1.165, 1.54) is 0 Å². The number of H-pyrrole nitrogens is 1. The molecule has 5 N–H and O–H groups in total. The Morgan fingerprint density at radius 3 is 2.59 bits per heavy atom. The van der Waals surface area contributed by atoms with Crippen LogP contribution in [0, 0.1) is 5.82 Å². The summed E-state index contributed by atoms with van der Waals surface area (Å²) in [4.78, 5) is 46.1. The normalized spacial score (nSPS) is 16.8. The minimum atomic E-state index is -1.30. The van der Waals surface area contributed by atoms with Crippen LogP contribution in [-0.4, -0.2) is 82.4 Å². The molecule has 0 bridgehead atoms. The average molecular weight is 605 g/mol. The molecular formula is C31H33FN6O6. The summed E-state index contributed by atoms with van der Waals surface area (Å²) < 4.78 is 26.1. The molecule has 1 aliphatic rings. The molecule has 44 heavy (non-hydrogen) atoms. The first-order valence-corrected chi connectivity index (χ1v) is 14.1. The van der Waals surface area contributed by atoms with Crippen molar-refractivity contribution in [3.63, 3.8) is 0 Å². The Morgan fingerprint density at radius 1 is 1.07 bits per heavy atom. The number of rotatable bonds is 13. The van der Waals surface area contributed by atoms with Crippen LogP contribution in [0.4, 0.5) is 20.8 Å². The Hall–Kier alpha value is -5.17. The number of anilines is 2. The lowest BCUT2D eigenvalue weighted by Gasteiger charge is -2.24. The van der Waals surface area contributed by atoms with Gasteiger partial charge in [0.05, 0.1) is 24.2 Å². The maximum absolute atomic E-state index is 14.7. The maximum atomic E-state index is 14.7. The number of carboxylic acid groups (broad SMARTS) is 1. The molecule has 1 saturated heterocycles. The number of carbonyl (C=O) groups excluding carboxylic acids is 2. The molecule has 3 atom stereocenters. The van der Waals surface area contributed by atoms with E-state index in [2.05, 4.69) is 25.9 Å². The molecule has 2 amide bonds. The standard InChI is InChI=1S/C31H33FN6O6/c32-28-23-10-4-5-11-24(23)36-29(28)37-25(30(40)41)16-35-27(39)19-43-22-14-21(15-34-26-12-6-7-13-33-26)38(17-22)31(42)44-18-20-8-2-1-3-9-20/h1-13,21-22,25,36-37H,14-19H2,(H,33,34)(H,35,39)(H,40,41)/t21?,22?,25-/m0/s1. The molecule has 1 fully saturated rings. The van der Waals surface area contributed by atoms with Gasteiger partial charge in [0.2, 0.25) is 5.91 Å². The summed E-state index contributed by atoms with van der Waals surface area (Å²) in [5.74, 6) is -1.86. The first-order valence-electron chi connectivity index (χ1n) is 14.1. The van der Waals surface area contributed by atoms with E-state index < -0.39 is 35.9 Å². The number of fused-ring (bicyclic) bond motifs is 1. The zero-order valence-electron chi connectivity index (χ0n) is 23.7. The van der Waals surface area contributed by atoms with E-state index in [4.69, 9.17) is 9.47 Å². The SMILES string of the molecule is O=C(COC1CC(CNc2ccccn2)N(C(=O)OCc2ccccc2)C1)NC[C@H](Nc1[nH]c2ccccc2c1F)C(=O)O. The summed E-state index contributed by atoms with van der Waals surface area (Å²) in [6.45, 7) is 0.0382. The second kappa shape index (κ2) is 14.3. The van der Waals surface area contributed by atoms with E-state index in [9.17, 15) is 23.9 Å². The smallest absolute Gasteiger partial charge is 0.410 e. The van der Waals surface area contributed by atoms with Crippen molar-refractivity contribution in [3.8, 4) is 0 Å². The van der Waals surface area contributed by atoms with Gasteiger partial charge < -0.3 is 40.4 Å². The molecule has 3 heterocycles. The molecule has 0 aliphatic carbocycles. The number of aromatic nitrogens is 2. The number of carbonyl (C=O) groups is 3. The van der Waals surface area contributed by atoms with Gasteiger partial charge >= 0.3 is 12.1 Å². The van der Waals surface area contributed by atoms with Crippen molar-refractivity contribution in [1.82, 2.24) is 20.2 Å². The van der Waals surface area contributed by atoms with Crippen LogP contribution < -0.4 is 16.0 Å². The highest BCUT2D eigenvalue weighted by molar-refractivity contribution is 5.86. The summed E-state index contributed by atoms with van der Waals surface area (Å²) in [5, 5.41) is 18.3. The topological polar surface area (TPSA) is 158 Å². The van der Waals surface area contributed by atoms with Gasteiger partial charge in [0, 0.05) is 24.7 Å². The lowest BCUT2D eigenvalue weighted by atomic mass is 10.2. The van der Waals surface area contributed by atoms with Crippen LogP contribution in [-0.2, 0) is 25.7 Å². The number of amides is 2. The summed E-state index contributed by atoms with van der Waals surface area (Å²) in [7, 11) is 0. The van der Waals surface area contributed by atoms with Crippen molar-refractivity contribution in [2.45, 2.75) is 31.2 Å². The maximum Gasteiger partial charge on any atom is 0.410 e. The van der Waals surface area contributed by atoms with E-state index in [0.29, 0.717) is 29.7 Å². The van der Waals surface area contributed by atoms with Gasteiger partial charge in [-0.1, -0.05) is 48.5 Å². The molecule has 2 aromatic heterocycles. The first-order chi connectivity index (χ1) is 21.4. The minimum Gasteiger partial charge on any atom is -0.480 e. The minimum absolute atomic E-state index is 0.0837. The highest BCUT2D eigenvalue weighted by atomic mass is 19.1. The van der Waals surface area contributed by atoms with Crippen molar-refractivity contribution >= 4 is 40.5 Å². The largest absolute Gasteiger partial charge is 0.480 e. The number of nitrogens with zero attached hydrogens (tertiary/aromatic N) is 2. The van der Waals surface area contributed by atoms with E-state index in [1.807, 2.05) is 42.5 Å². The molecule has 230 valence electrons. The average Bonchev–Trinajstić information content (AvgIpc) is 3.61. The third-order valence-electron chi connectivity index (χ3n) is 7.21. The number of carboxylic acids is 1. The number of benzene rings is 2. The van der Waals surface area contributed by atoms with E-state index in [-0.39, 0.29) is 38.2 Å². The fourth-order valence-corrected chi connectivity index (χ4v) is 4.95. The molecule has 2 aromatic carbocycles. The van der Waals surface area contributed by atoms with Gasteiger partial charge in [0.15, 0.2) is 5.82 Å². The van der Waals surface area contributed by atoms with Gasteiger partial charge in [-0.2, -0.15) is 0 Å². The summed E-state index contributed by atoms with van der Waals surface area (Å²) >= 11 is 0. The fraction of sp³-hybridized carbons (Fsp3) is 0.290. The van der Waals surface area contributed by atoms with Crippen LogP contribution in [0.2, 0.25) is 0 Å². The monoisotopic (exact) mass is 604 g/mol. The summed E-state index contributed by atoms with van der Waals surface area (Å²) in [6, 6.07) is 19.9. The van der Waals surface area contributed by atoms with Gasteiger partial charge in [-0.25, -0.2) is 19.0 Å². The Balaban J connectivity index is 1.14. The van der Waals surface area contributed by atoms with Crippen LogP contribution in [0.25, 0.3) is 10.9 Å². The number of pyridine rings is 1. The van der Waals surface area contributed by atoms with Gasteiger partial charge in [0.25, 0.3) is 0 Å². The highest BCUT2D eigenvalue weighted by Gasteiger charge is 2.37. The molecule has 0 spiro atoms. The number of hydrogen-bond acceptors (Lipinski definition) is 8. The molecule has 1 aliphatic heterocycles. The van der Waals surface area contributed by atoms with E-state index in [1.54, 1.807) is 41.4 Å². The van der Waals surface area contributed by atoms with Gasteiger partial charge in [0.1, 0.15) is 30.9 Å². The van der Waals surface area contributed by atoms with Crippen molar-refractivity contribution in [1.29, 1.82) is 0 Å². The van der Waals surface area contributed by atoms with Gasteiger partial charge in [-0.05, 0) is 36.2 Å². The van der Waals surface area contributed by atoms with Gasteiger partial charge in [-0.15, -0.1) is 0 Å². The summed E-state index contributed by atoms with van der Waals surface area (Å²) in [5.41, 5.74) is 1.37. The molecule has 13 heteroatoms. The number of ether oxygens (including phenoxy) is 2. The van der Waals surface area contributed by atoms with Crippen LogP contribution in [0.5, 0.6) is 0 Å². The number of aliphatic carboxylic acids is 1. The molecule has 2 unspecified atom stereocenters. The van der Waals surface area contributed by atoms with Crippen LogP contribution in [0.1, 0.15) is 12.0 Å². The Bertz CT molecular complexity index is 1570. The molecule has 0 radical (unpaired) electrons. The highest BCUT2D eigenvalue weighted by Crippen LogP contribution is 2.25. The Morgan fingerprint density at radius 2 is 1.84 bits per heavy atom. The number of aromatic amines is 1. The second-order valence-electron chi connectivity index (χ2n) is 10.3. The number of hydrogen-bond donors (Lipinski definition) is 5. The molecular weight excluding hydrogens is 571 g/mol. The van der Waals surface area contributed by atoms with Crippen molar-refractivity contribution in [2.75, 3.05) is 36.9 Å². The quantitative estimate of drug-likeness (QED) is 0.154. The van der Waals surface area contributed by atoms with Crippen molar-refractivity contribution in [3.05, 3.63) is 90.4 Å². The second-order valence-corrected chi connectivity index (χ2v) is 10.3. The van der Waals surface area contributed by atoms with Crippen LogP contribution in [0.3, 0.4) is 0 Å². The zero-order chi connectivity index (χ0) is 30.9. The lowest BCUT2D eigenvalue weighted by Crippen LogP contribution is -2.43. The number of nitrogens with one attached hydrogen (secondary N) is 4. The predicted octanol–water partition coefficient (Wildman–Crippen LogP) is 3.59. The number of para-hydroxylation sites is 1. The Labute approximate surface area is 252 Å². The van der Waals surface area contributed by atoms with E-state index in [0.717, 1.165) is 5.56 Å². The molecule has 4 aromatic rings. The molecule has 5 rings (SSSR count). The molecule has 12 nitrogen and oxygen atoms in total. The van der Waals surface area contributed by atoms with Gasteiger partial charge in [-0.3, -0.25) is 4.79 Å². The van der Waals surface area contributed by atoms with E-state index >= 15 is 0 Å². The van der Waals surface area contributed by atoms with Crippen LogP contribution >= 0.6 is 0 Å². The zero-order valence-corrected chi connectivity index (χ0v) is 23.7. The van der Waals surface area contributed by atoms with Crippen LogP contribution in [0.15, 0.2) is 79.0 Å². The number of likely N-dealkylation sites (tertiary alicyclic amines) is 1. The number of halogens is 1. The van der Waals surface area contributed by atoms with Crippen molar-refractivity contribution < 1.29 is 33.4 Å². The predicted molar refractivity (Wildman–Crippen MR) is 161 cm³/mol.